The molecule has 7 atom stereocenters. The fourth-order valence-electron chi connectivity index (χ4n) is 7.94. The molecule has 6 N–H and O–H groups in total. The van der Waals surface area contributed by atoms with Gasteiger partial charge in [-0.25, -0.2) is 0 Å². The maximum atomic E-state index is 13.0. The predicted octanol–water partition coefficient (Wildman–Crippen LogP) is 12.7. The second-order valence-corrected chi connectivity index (χ2v) is 18.3. The number of amides is 1. The van der Waals surface area contributed by atoms with Crippen LogP contribution in [0.1, 0.15) is 213 Å². The molecule has 0 saturated carbocycles. The molecule has 1 saturated heterocycles. The molecule has 9 nitrogen and oxygen atoms in total. The Bertz CT molecular complexity index is 1300. The van der Waals surface area contributed by atoms with E-state index in [2.05, 4.69) is 92.1 Å². The van der Waals surface area contributed by atoms with E-state index in [9.17, 15) is 30.3 Å². The van der Waals surface area contributed by atoms with Gasteiger partial charge in [0.25, 0.3) is 0 Å². The van der Waals surface area contributed by atoms with Gasteiger partial charge in [0.2, 0.25) is 5.91 Å². The van der Waals surface area contributed by atoms with E-state index in [1.54, 1.807) is 6.08 Å². The third kappa shape index (κ3) is 35.5. The number of rotatable bonds is 44. The van der Waals surface area contributed by atoms with E-state index in [0.717, 1.165) is 96.3 Å². The van der Waals surface area contributed by atoms with E-state index in [0.29, 0.717) is 6.42 Å². The smallest absolute Gasteiger partial charge is 0.220 e. The zero-order chi connectivity index (χ0) is 48.0. The highest BCUT2D eigenvalue weighted by Gasteiger charge is 2.44. The Morgan fingerprint density at radius 1 is 0.530 bits per heavy atom. The summed E-state index contributed by atoms with van der Waals surface area (Å²) >= 11 is 0. The molecule has 0 aliphatic carbocycles. The lowest BCUT2D eigenvalue weighted by Gasteiger charge is -2.40. The molecular weight excluding hydrogens is 827 g/mol. The van der Waals surface area contributed by atoms with Crippen molar-refractivity contribution >= 4 is 5.91 Å². The number of carbonyl (C=O) groups is 1. The Balaban J connectivity index is 2.33. The summed E-state index contributed by atoms with van der Waals surface area (Å²) in [6, 6.07) is -0.841. The van der Waals surface area contributed by atoms with Gasteiger partial charge >= 0.3 is 0 Å². The first-order chi connectivity index (χ1) is 32.3. The lowest BCUT2D eigenvalue weighted by atomic mass is 9.99. The summed E-state index contributed by atoms with van der Waals surface area (Å²) in [5.74, 6) is -0.208. The first-order valence-corrected chi connectivity index (χ1v) is 26.8. The highest BCUT2D eigenvalue weighted by Crippen LogP contribution is 2.23. The molecule has 0 aromatic heterocycles. The maximum Gasteiger partial charge on any atom is 0.220 e. The molecule has 1 aliphatic rings. The Labute approximate surface area is 403 Å². The molecule has 0 aromatic rings. The summed E-state index contributed by atoms with van der Waals surface area (Å²) in [5, 5.41) is 54.4. The molecule has 0 spiro atoms. The zero-order valence-corrected chi connectivity index (χ0v) is 41.9. The third-order valence-corrected chi connectivity index (χ3v) is 12.2. The van der Waals surface area contributed by atoms with Crippen LogP contribution >= 0.6 is 0 Å². The molecule has 380 valence electrons. The first-order valence-electron chi connectivity index (χ1n) is 26.8. The van der Waals surface area contributed by atoms with Crippen LogP contribution in [-0.2, 0) is 14.3 Å². The van der Waals surface area contributed by atoms with Crippen LogP contribution < -0.4 is 5.32 Å². The molecule has 9 heteroatoms. The van der Waals surface area contributed by atoms with Crippen LogP contribution in [0.3, 0.4) is 0 Å². The average Bonchev–Trinajstić information content (AvgIpc) is 3.32. The first kappa shape index (κ1) is 61.4. The van der Waals surface area contributed by atoms with Crippen molar-refractivity contribution in [1.82, 2.24) is 5.32 Å². The van der Waals surface area contributed by atoms with E-state index in [1.165, 1.54) is 96.3 Å². The van der Waals surface area contributed by atoms with Crippen LogP contribution in [-0.4, -0.2) is 87.5 Å². The number of carbonyl (C=O) groups excluding carboxylic acids is 1. The molecule has 66 heavy (non-hydrogen) atoms. The number of unbranched alkanes of at least 4 members (excludes halogenated alkanes) is 22. The van der Waals surface area contributed by atoms with Crippen LogP contribution in [0.25, 0.3) is 0 Å². The van der Waals surface area contributed by atoms with Gasteiger partial charge in [-0.3, -0.25) is 4.79 Å². The van der Waals surface area contributed by atoms with Crippen molar-refractivity contribution in [2.24, 2.45) is 0 Å². The van der Waals surface area contributed by atoms with Crippen molar-refractivity contribution in [3.05, 3.63) is 85.1 Å². The molecule has 0 aromatic carbocycles. The minimum absolute atomic E-state index is 0.208. The second-order valence-electron chi connectivity index (χ2n) is 18.3. The SMILES string of the molecule is CC/C=C\C/C=C\C/C=C\C/C=C\CCCCCCCCC(=O)NC(COC1OC(CO)C(O)C(O)C1O)C(O)/C=C/CC/C=C/CC/C=C/CCCCCCCCCCCCCCCC. The summed E-state index contributed by atoms with van der Waals surface area (Å²) < 4.78 is 11.2. The number of hydrogen-bond donors (Lipinski definition) is 6. The molecule has 0 bridgehead atoms. The van der Waals surface area contributed by atoms with E-state index in [1.807, 2.05) is 6.08 Å². The second kappa shape index (κ2) is 46.1. The van der Waals surface area contributed by atoms with Gasteiger partial charge in [-0.2, -0.15) is 0 Å². The van der Waals surface area contributed by atoms with E-state index >= 15 is 0 Å². The number of ether oxygens (including phenoxy) is 2. The summed E-state index contributed by atoms with van der Waals surface area (Å²) in [6.07, 6.45) is 57.8. The number of aliphatic hydroxyl groups is 5. The van der Waals surface area contributed by atoms with Crippen LogP contribution in [0, 0.1) is 0 Å². The maximum absolute atomic E-state index is 13.0. The topological polar surface area (TPSA) is 149 Å². The van der Waals surface area contributed by atoms with E-state index in [-0.39, 0.29) is 12.5 Å². The number of hydrogen-bond acceptors (Lipinski definition) is 8. The van der Waals surface area contributed by atoms with Crippen molar-refractivity contribution in [2.75, 3.05) is 13.2 Å². The third-order valence-electron chi connectivity index (χ3n) is 12.2. The van der Waals surface area contributed by atoms with Crippen LogP contribution in [0.2, 0.25) is 0 Å². The van der Waals surface area contributed by atoms with Crippen molar-refractivity contribution in [2.45, 2.75) is 256 Å². The van der Waals surface area contributed by atoms with Crippen molar-refractivity contribution in [1.29, 1.82) is 0 Å². The highest BCUT2D eigenvalue weighted by molar-refractivity contribution is 5.76. The zero-order valence-electron chi connectivity index (χ0n) is 41.9. The van der Waals surface area contributed by atoms with Gasteiger partial charge in [0, 0.05) is 6.42 Å². The minimum atomic E-state index is -1.58. The average molecular weight is 926 g/mol. The molecule has 1 fully saturated rings. The fraction of sp³-hybridized carbons (Fsp3) is 0.737. The van der Waals surface area contributed by atoms with Gasteiger partial charge in [-0.05, 0) is 83.5 Å². The van der Waals surface area contributed by atoms with Gasteiger partial charge in [-0.1, -0.05) is 208 Å². The van der Waals surface area contributed by atoms with Gasteiger partial charge < -0.3 is 40.3 Å². The lowest BCUT2D eigenvalue weighted by Crippen LogP contribution is -2.60. The van der Waals surface area contributed by atoms with Crippen molar-refractivity contribution in [3.63, 3.8) is 0 Å². The van der Waals surface area contributed by atoms with Gasteiger partial charge in [0.05, 0.1) is 25.4 Å². The van der Waals surface area contributed by atoms with Crippen LogP contribution in [0.5, 0.6) is 0 Å². The summed E-state index contributed by atoms with van der Waals surface area (Å²) in [7, 11) is 0. The molecular formula is C57H99NO8. The van der Waals surface area contributed by atoms with E-state index < -0.39 is 49.5 Å². The highest BCUT2D eigenvalue weighted by atomic mass is 16.7. The molecule has 0 radical (unpaired) electrons. The Hall–Kier alpha value is -2.63. The molecule has 1 amide bonds. The Morgan fingerprint density at radius 2 is 0.955 bits per heavy atom. The standard InChI is InChI=1S/C57H99NO8/c1-3-5-7-9-11-13-15-17-19-21-23-24-25-26-27-29-30-32-34-36-38-40-42-44-46-51(60)50(49-65-57-56(64)55(63)54(62)52(48-59)66-57)58-53(61)47-45-43-41-39-37-35-33-31-28-22-20-18-16-14-12-10-8-6-4-2/h6,8,12,14,18,20,28-31,36,38,44,46,50-52,54-57,59-60,62-64H,3-5,7,9-11,13,15-17,19,21-27,32-35,37,39-43,45,47-49H2,1-2H3,(H,58,61)/b8-6-,14-12-,20-18-,30-29+,31-28-,38-36+,46-44+. The van der Waals surface area contributed by atoms with Crippen molar-refractivity contribution in [3.8, 4) is 0 Å². The normalized spacial score (nSPS) is 20.5. The van der Waals surface area contributed by atoms with Crippen LogP contribution in [0.15, 0.2) is 85.1 Å². The predicted molar refractivity (Wildman–Crippen MR) is 276 cm³/mol. The van der Waals surface area contributed by atoms with Gasteiger partial charge in [0.1, 0.15) is 24.4 Å². The summed E-state index contributed by atoms with van der Waals surface area (Å²) in [4.78, 5) is 13.0. The molecule has 1 rings (SSSR count). The lowest BCUT2D eigenvalue weighted by molar-refractivity contribution is -0.302. The molecule has 1 heterocycles. The number of nitrogens with one attached hydrogen (secondary N) is 1. The Kier molecular flexibility index (Phi) is 42.9. The largest absolute Gasteiger partial charge is 0.394 e. The van der Waals surface area contributed by atoms with Gasteiger partial charge in [-0.15, -0.1) is 0 Å². The van der Waals surface area contributed by atoms with E-state index in [4.69, 9.17) is 9.47 Å². The number of aliphatic hydroxyl groups excluding tert-OH is 5. The Morgan fingerprint density at radius 3 is 1.45 bits per heavy atom. The summed E-state index contributed by atoms with van der Waals surface area (Å²) in [6.45, 7) is 3.63. The quantitative estimate of drug-likeness (QED) is 0.0261. The molecule has 7 unspecified atom stereocenters. The minimum Gasteiger partial charge on any atom is -0.394 e. The van der Waals surface area contributed by atoms with Gasteiger partial charge in [0.15, 0.2) is 6.29 Å². The molecule has 1 aliphatic heterocycles. The van der Waals surface area contributed by atoms with Crippen molar-refractivity contribution < 1.29 is 39.8 Å². The van der Waals surface area contributed by atoms with Crippen LogP contribution in [0.4, 0.5) is 0 Å². The monoisotopic (exact) mass is 926 g/mol. The fourth-order valence-corrected chi connectivity index (χ4v) is 7.94. The number of allylic oxidation sites excluding steroid dienone is 13. The summed E-state index contributed by atoms with van der Waals surface area (Å²) in [5.41, 5.74) is 0.